The van der Waals surface area contributed by atoms with Gasteiger partial charge in [-0.15, -0.1) is 0 Å². The maximum absolute atomic E-state index is 12.6. The van der Waals surface area contributed by atoms with Crippen molar-refractivity contribution in [3.05, 3.63) is 26.7 Å². The molecule has 2 N–H and O–H groups in total. The molecule has 1 saturated heterocycles. The number of nitrogens with zero attached hydrogens (tertiary/aromatic N) is 1. The minimum atomic E-state index is -3.64. The maximum Gasteiger partial charge on any atom is 0.244 e. The first kappa shape index (κ1) is 15.5. The fraction of sp³-hybridized carbons (Fsp3) is 0.455. The van der Waals surface area contributed by atoms with Crippen LogP contribution in [0.1, 0.15) is 12.8 Å². The molecule has 4 nitrogen and oxygen atoms in total. The highest BCUT2D eigenvalue weighted by molar-refractivity contribution is 9.10. The average molecular weight is 388 g/mol. The molecule has 19 heavy (non-hydrogen) atoms. The van der Waals surface area contributed by atoms with Crippen LogP contribution < -0.4 is 5.73 Å². The summed E-state index contributed by atoms with van der Waals surface area (Å²) in [5.41, 5.74) is 5.62. The van der Waals surface area contributed by atoms with Gasteiger partial charge in [-0.2, -0.15) is 4.31 Å². The highest BCUT2D eigenvalue weighted by atomic mass is 79.9. The summed E-state index contributed by atoms with van der Waals surface area (Å²) in [7, 11) is -3.64. The summed E-state index contributed by atoms with van der Waals surface area (Å²) in [5, 5.41) is 0.497. The first-order valence-corrected chi connectivity index (χ1v) is 8.73. The molecule has 1 fully saturated rings. The topological polar surface area (TPSA) is 63.4 Å². The Kier molecular flexibility index (Phi) is 4.80. The van der Waals surface area contributed by atoms with Crippen molar-refractivity contribution in [1.29, 1.82) is 0 Å². The van der Waals surface area contributed by atoms with Gasteiger partial charge in [0.25, 0.3) is 0 Å². The SMILES string of the molecule is NCC1CCCN1S(=O)(=O)c1cc(Br)c(Cl)cc1Cl. The Morgan fingerprint density at radius 2 is 2.05 bits per heavy atom. The van der Waals surface area contributed by atoms with Gasteiger partial charge >= 0.3 is 0 Å². The van der Waals surface area contributed by atoms with Crippen LogP contribution in [0.3, 0.4) is 0 Å². The predicted octanol–water partition coefficient (Wildman–Crippen LogP) is 2.87. The lowest BCUT2D eigenvalue weighted by molar-refractivity contribution is 0.393. The van der Waals surface area contributed by atoms with Crippen LogP contribution in [0.5, 0.6) is 0 Å². The number of hydrogen-bond donors (Lipinski definition) is 1. The van der Waals surface area contributed by atoms with Crippen molar-refractivity contribution in [3.63, 3.8) is 0 Å². The van der Waals surface area contributed by atoms with Gasteiger partial charge in [-0.1, -0.05) is 23.2 Å². The van der Waals surface area contributed by atoms with Gasteiger partial charge in [-0.05, 0) is 40.9 Å². The molecule has 1 aliphatic heterocycles. The molecule has 0 bridgehead atoms. The Bertz CT molecular complexity index is 595. The molecule has 0 spiro atoms. The Labute approximate surface area is 131 Å². The predicted molar refractivity (Wildman–Crippen MR) is 80.1 cm³/mol. The third-order valence-electron chi connectivity index (χ3n) is 3.16. The van der Waals surface area contributed by atoms with Crippen molar-refractivity contribution in [2.45, 2.75) is 23.8 Å². The lowest BCUT2D eigenvalue weighted by Crippen LogP contribution is -2.39. The van der Waals surface area contributed by atoms with E-state index in [0.717, 1.165) is 12.8 Å². The summed E-state index contributed by atoms with van der Waals surface area (Å²) < 4.78 is 27.1. The van der Waals surface area contributed by atoms with Crippen LogP contribution in [0.15, 0.2) is 21.5 Å². The molecule has 2 rings (SSSR count). The van der Waals surface area contributed by atoms with Crippen LogP contribution in [0.2, 0.25) is 10.0 Å². The second kappa shape index (κ2) is 5.87. The lowest BCUT2D eigenvalue weighted by Gasteiger charge is -2.23. The van der Waals surface area contributed by atoms with E-state index >= 15 is 0 Å². The number of rotatable bonds is 3. The second-order valence-corrected chi connectivity index (χ2v) is 7.87. The molecule has 8 heteroatoms. The summed E-state index contributed by atoms with van der Waals surface area (Å²) in [5.74, 6) is 0. The highest BCUT2D eigenvalue weighted by Gasteiger charge is 2.35. The van der Waals surface area contributed by atoms with Gasteiger partial charge in [0.05, 0.1) is 10.0 Å². The zero-order valence-corrected chi connectivity index (χ0v) is 13.9. The molecule has 1 aliphatic rings. The number of nitrogens with two attached hydrogens (primary N) is 1. The molecule has 1 unspecified atom stereocenters. The largest absolute Gasteiger partial charge is 0.329 e. The van der Waals surface area contributed by atoms with Gasteiger partial charge in [-0.3, -0.25) is 0 Å². The van der Waals surface area contributed by atoms with Crippen LogP contribution in [0, 0.1) is 0 Å². The first-order valence-electron chi connectivity index (χ1n) is 5.74. The summed E-state index contributed by atoms with van der Waals surface area (Å²) in [6.07, 6.45) is 1.59. The summed E-state index contributed by atoms with van der Waals surface area (Å²) in [6, 6.07) is 2.70. The molecule has 1 heterocycles. The third kappa shape index (κ3) is 2.94. The van der Waals surface area contributed by atoms with Crippen LogP contribution in [0.4, 0.5) is 0 Å². The Balaban J connectivity index is 2.48. The molecular formula is C11H13BrCl2N2O2S. The van der Waals surface area contributed by atoms with Gasteiger partial charge in [0, 0.05) is 23.6 Å². The number of sulfonamides is 1. The molecular weight excluding hydrogens is 375 g/mol. The molecule has 106 valence electrons. The quantitative estimate of drug-likeness (QED) is 0.811. The molecule has 1 aromatic carbocycles. The fourth-order valence-electron chi connectivity index (χ4n) is 2.19. The number of hydrogen-bond acceptors (Lipinski definition) is 3. The van der Waals surface area contributed by atoms with E-state index in [1.165, 1.54) is 16.4 Å². The van der Waals surface area contributed by atoms with E-state index in [1.54, 1.807) is 0 Å². The van der Waals surface area contributed by atoms with E-state index in [2.05, 4.69) is 15.9 Å². The van der Waals surface area contributed by atoms with Crippen LogP contribution in [-0.2, 0) is 10.0 Å². The van der Waals surface area contributed by atoms with Crippen molar-refractivity contribution in [2.75, 3.05) is 13.1 Å². The van der Waals surface area contributed by atoms with Crippen molar-refractivity contribution in [2.24, 2.45) is 5.73 Å². The van der Waals surface area contributed by atoms with Gasteiger partial charge < -0.3 is 5.73 Å². The molecule has 1 aromatic rings. The Morgan fingerprint density at radius 1 is 1.37 bits per heavy atom. The van der Waals surface area contributed by atoms with E-state index in [1.807, 2.05) is 0 Å². The molecule has 0 radical (unpaired) electrons. The summed E-state index contributed by atoms with van der Waals surface area (Å²) >= 11 is 15.1. The van der Waals surface area contributed by atoms with Gasteiger partial charge in [0.1, 0.15) is 4.90 Å². The Hall–Kier alpha value is 0.150. The minimum absolute atomic E-state index is 0.0609. The fourth-order valence-corrected chi connectivity index (χ4v) is 5.14. The summed E-state index contributed by atoms with van der Waals surface area (Å²) in [4.78, 5) is 0.0609. The lowest BCUT2D eigenvalue weighted by atomic mass is 10.2. The molecule has 1 atom stereocenters. The van der Waals surface area contributed by atoms with E-state index in [0.29, 0.717) is 22.6 Å². The highest BCUT2D eigenvalue weighted by Crippen LogP contribution is 2.35. The standard InChI is InChI=1S/C11H13BrCl2N2O2S/c12-8-4-11(10(14)5-9(8)13)19(17,18)16-3-1-2-7(16)6-15/h4-5,7H,1-3,6,15H2. The zero-order chi connectivity index (χ0) is 14.2. The monoisotopic (exact) mass is 386 g/mol. The van der Waals surface area contributed by atoms with E-state index in [4.69, 9.17) is 28.9 Å². The first-order chi connectivity index (χ1) is 8.87. The molecule has 0 saturated carbocycles. The number of benzene rings is 1. The Morgan fingerprint density at radius 3 is 2.68 bits per heavy atom. The van der Waals surface area contributed by atoms with E-state index in [-0.39, 0.29) is 16.0 Å². The van der Waals surface area contributed by atoms with Crippen LogP contribution >= 0.6 is 39.1 Å². The summed E-state index contributed by atoms with van der Waals surface area (Å²) in [6.45, 7) is 0.784. The van der Waals surface area contributed by atoms with Gasteiger partial charge in [-0.25, -0.2) is 8.42 Å². The smallest absolute Gasteiger partial charge is 0.244 e. The molecule has 0 aromatic heterocycles. The minimum Gasteiger partial charge on any atom is -0.329 e. The van der Waals surface area contributed by atoms with Gasteiger partial charge in [0.15, 0.2) is 0 Å². The molecule has 0 amide bonds. The second-order valence-electron chi connectivity index (χ2n) is 4.34. The van der Waals surface area contributed by atoms with Crippen LogP contribution in [0.25, 0.3) is 0 Å². The average Bonchev–Trinajstić information content (AvgIpc) is 2.82. The van der Waals surface area contributed by atoms with Gasteiger partial charge in [0.2, 0.25) is 10.0 Å². The van der Waals surface area contributed by atoms with Crippen molar-refractivity contribution < 1.29 is 8.42 Å². The number of halogens is 3. The maximum atomic E-state index is 12.6. The third-order valence-corrected chi connectivity index (χ3v) is 6.77. The van der Waals surface area contributed by atoms with Crippen molar-refractivity contribution in [1.82, 2.24) is 4.31 Å². The van der Waals surface area contributed by atoms with Crippen LogP contribution in [-0.4, -0.2) is 31.9 Å². The van der Waals surface area contributed by atoms with Crippen molar-refractivity contribution in [3.8, 4) is 0 Å². The zero-order valence-electron chi connectivity index (χ0n) is 9.94. The molecule has 0 aliphatic carbocycles. The van der Waals surface area contributed by atoms with E-state index in [9.17, 15) is 8.42 Å². The normalized spacial score (nSPS) is 20.9. The van der Waals surface area contributed by atoms with E-state index < -0.39 is 10.0 Å². The van der Waals surface area contributed by atoms with Crippen molar-refractivity contribution >= 4 is 49.2 Å².